The van der Waals surface area contributed by atoms with Crippen molar-refractivity contribution in [2.45, 2.75) is 37.8 Å². The van der Waals surface area contributed by atoms with Gasteiger partial charge in [-0.2, -0.15) is 0 Å². The predicted molar refractivity (Wildman–Crippen MR) is 122 cm³/mol. The highest BCUT2D eigenvalue weighted by Gasteiger charge is 2.19. The molecule has 5 nitrogen and oxygen atoms in total. The SMILES string of the molecule is CC(=O)N(c1ccc(C)c(C)c1)c1nc(CSc2ccc3c(c2)OCCCO3)cs1. The van der Waals surface area contributed by atoms with E-state index in [0.717, 1.165) is 45.5 Å². The first-order valence-electron chi connectivity index (χ1n) is 9.86. The average Bonchev–Trinajstić information content (AvgIpc) is 3.05. The Morgan fingerprint density at radius 3 is 2.67 bits per heavy atom. The summed E-state index contributed by atoms with van der Waals surface area (Å²) in [5.74, 6) is 2.27. The normalized spacial score (nSPS) is 13.0. The van der Waals surface area contributed by atoms with Crippen LogP contribution in [0.5, 0.6) is 11.5 Å². The van der Waals surface area contributed by atoms with Crippen LogP contribution in [-0.4, -0.2) is 24.1 Å². The first-order chi connectivity index (χ1) is 14.5. The Kier molecular flexibility index (Phi) is 6.29. The number of aromatic nitrogens is 1. The Bertz CT molecular complexity index is 1060. The molecule has 0 spiro atoms. The lowest BCUT2D eigenvalue weighted by molar-refractivity contribution is -0.115. The summed E-state index contributed by atoms with van der Waals surface area (Å²) in [4.78, 5) is 19.9. The van der Waals surface area contributed by atoms with Crippen LogP contribution in [-0.2, 0) is 10.5 Å². The number of fused-ring (bicyclic) bond motifs is 1. The molecule has 1 amide bonds. The summed E-state index contributed by atoms with van der Waals surface area (Å²) >= 11 is 3.18. The molecule has 0 bridgehead atoms. The molecule has 2 heterocycles. The highest BCUT2D eigenvalue weighted by atomic mass is 32.2. The predicted octanol–water partition coefficient (Wildman–Crippen LogP) is 5.90. The minimum Gasteiger partial charge on any atom is -0.490 e. The molecule has 0 unspecified atom stereocenters. The molecule has 0 saturated heterocycles. The van der Waals surface area contributed by atoms with E-state index in [0.29, 0.717) is 18.3 Å². The van der Waals surface area contributed by atoms with Crippen molar-refractivity contribution in [3.63, 3.8) is 0 Å². The Labute approximate surface area is 185 Å². The van der Waals surface area contributed by atoms with Crippen molar-refractivity contribution in [1.29, 1.82) is 0 Å². The van der Waals surface area contributed by atoms with E-state index < -0.39 is 0 Å². The molecule has 1 aliphatic rings. The van der Waals surface area contributed by atoms with Crippen molar-refractivity contribution >= 4 is 39.8 Å². The van der Waals surface area contributed by atoms with Gasteiger partial charge in [0.05, 0.1) is 24.6 Å². The number of nitrogens with zero attached hydrogens (tertiary/aromatic N) is 2. The van der Waals surface area contributed by atoms with Gasteiger partial charge in [-0.15, -0.1) is 23.1 Å². The van der Waals surface area contributed by atoms with Crippen molar-refractivity contribution in [3.8, 4) is 11.5 Å². The maximum Gasteiger partial charge on any atom is 0.230 e. The van der Waals surface area contributed by atoms with Crippen LogP contribution in [0.25, 0.3) is 0 Å². The van der Waals surface area contributed by atoms with E-state index in [9.17, 15) is 4.79 Å². The third kappa shape index (κ3) is 4.63. The van der Waals surface area contributed by atoms with Gasteiger partial charge in [0.2, 0.25) is 5.91 Å². The van der Waals surface area contributed by atoms with Crippen molar-refractivity contribution in [2.24, 2.45) is 0 Å². The van der Waals surface area contributed by atoms with Crippen molar-refractivity contribution < 1.29 is 14.3 Å². The number of hydrogen-bond donors (Lipinski definition) is 0. The number of ether oxygens (including phenoxy) is 2. The quantitative estimate of drug-likeness (QED) is 0.463. The van der Waals surface area contributed by atoms with Crippen molar-refractivity contribution in [1.82, 2.24) is 4.98 Å². The molecular weight excluding hydrogens is 416 g/mol. The molecule has 0 aliphatic carbocycles. The second-order valence-electron chi connectivity index (χ2n) is 7.19. The van der Waals surface area contributed by atoms with Gasteiger partial charge in [-0.3, -0.25) is 9.69 Å². The number of thioether (sulfide) groups is 1. The minimum absolute atomic E-state index is 0.0466. The topological polar surface area (TPSA) is 51.7 Å². The zero-order chi connectivity index (χ0) is 21.1. The number of amides is 1. The number of rotatable bonds is 5. The fraction of sp³-hybridized carbons (Fsp3) is 0.304. The van der Waals surface area contributed by atoms with Crippen LogP contribution in [0.15, 0.2) is 46.7 Å². The molecular formula is C23H24N2O3S2. The van der Waals surface area contributed by atoms with Crippen molar-refractivity contribution in [2.75, 3.05) is 18.1 Å². The summed E-state index contributed by atoms with van der Waals surface area (Å²) in [6.45, 7) is 7.05. The Hall–Kier alpha value is -2.51. The van der Waals surface area contributed by atoms with Gasteiger partial charge in [-0.25, -0.2) is 4.98 Å². The lowest BCUT2D eigenvalue weighted by Crippen LogP contribution is -2.22. The molecule has 0 radical (unpaired) electrons. The van der Waals surface area contributed by atoms with Crippen LogP contribution < -0.4 is 14.4 Å². The second kappa shape index (κ2) is 9.10. The molecule has 7 heteroatoms. The van der Waals surface area contributed by atoms with E-state index >= 15 is 0 Å². The number of carbonyl (C=O) groups excluding carboxylic acids is 1. The summed E-state index contributed by atoms with van der Waals surface area (Å²) < 4.78 is 11.5. The second-order valence-corrected chi connectivity index (χ2v) is 9.08. The van der Waals surface area contributed by atoms with Gasteiger partial charge in [0.25, 0.3) is 0 Å². The van der Waals surface area contributed by atoms with Crippen LogP contribution in [0.4, 0.5) is 10.8 Å². The molecule has 156 valence electrons. The molecule has 0 atom stereocenters. The number of anilines is 2. The van der Waals surface area contributed by atoms with Gasteiger partial charge < -0.3 is 9.47 Å². The van der Waals surface area contributed by atoms with Gasteiger partial charge in [-0.1, -0.05) is 6.07 Å². The minimum atomic E-state index is -0.0466. The van der Waals surface area contributed by atoms with E-state index in [1.807, 2.05) is 41.8 Å². The number of benzene rings is 2. The van der Waals surface area contributed by atoms with Crippen LogP contribution in [0, 0.1) is 13.8 Å². The van der Waals surface area contributed by atoms with Crippen LogP contribution in [0.2, 0.25) is 0 Å². The third-order valence-electron chi connectivity index (χ3n) is 4.90. The fourth-order valence-corrected chi connectivity index (χ4v) is 4.96. The summed E-state index contributed by atoms with van der Waals surface area (Å²) in [7, 11) is 0. The number of aryl methyl sites for hydroxylation is 2. The lowest BCUT2D eigenvalue weighted by atomic mass is 10.1. The summed E-state index contributed by atoms with van der Waals surface area (Å²) in [5.41, 5.74) is 4.15. The average molecular weight is 441 g/mol. The number of carbonyl (C=O) groups is 1. The van der Waals surface area contributed by atoms with Gasteiger partial charge in [0.15, 0.2) is 16.6 Å². The lowest BCUT2D eigenvalue weighted by Gasteiger charge is -2.19. The first-order valence-corrected chi connectivity index (χ1v) is 11.7. The third-order valence-corrected chi connectivity index (χ3v) is 6.80. The highest BCUT2D eigenvalue weighted by molar-refractivity contribution is 7.98. The Morgan fingerprint density at radius 1 is 1.10 bits per heavy atom. The van der Waals surface area contributed by atoms with Gasteiger partial charge in [0.1, 0.15) is 0 Å². The molecule has 0 N–H and O–H groups in total. The van der Waals surface area contributed by atoms with Gasteiger partial charge in [-0.05, 0) is 55.3 Å². The molecule has 1 aromatic heterocycles. The summed E-state index contributed by atoms with van der Waals surface area (Å²) in [6, 6.07) is 12.1. The zero-order valence-corrected chi connectivity index (χ0v) is 18.9. The van der Waals surface area contributed by atoms with Crippen molar-refractivity contribution in [3.05, 3.63) is 58.6 Å². The summed E-state index contributed by atoms with van der Waals surface area (Å²) in [6.07, 6.45) is 0.895. The molecule has 4 rings (SSSR count). The maximum absolute atomic E-state index is 12.4. The molecule has 0 saturated carbocycles. The molecule has 30 heavy (non-hydrogen) atoms. The first kappa shape index (κ1) is 20.8. The smallest absolute Gasteiger partial charge is 0.230 e. The van der Waals surface area contributed by atoms with Crippen LogP contribution >= 0.6 is 23.1 Å². The maximum atomic E-state index is 12.4. The standard InChI is InChI=1S/C23H24N2O3S2/c1-15-5-6-19(11-16(15)2)25(17(3)26)23-24-18(14-30-23)13-29-20-7-8-21-22(12-20)28-10-4-9-27-21/h5-8,11-12,14H,4,9-10,13H2,1-3H3. The van der Waals surface area contributed by atoms with E-state index in [2.05, 4.69) is 13.8 Å². The Balaban J connectivity index is 1.48. The Morgan fingerprint density at radius 2 is 1.90 bits per heavy atom. The van der Waals surface area contributed by atoms with Gasteiger partial charge >= 0.3 is 0 Å². The van der Waals surface area contributed by atoms with E-state index in [1.165, 1.54) is 16.9 Å². The van der Waals surface area contributed by atoms with Crippen LogP contribution in [0.3, 0.4) is 0 Å². The van der Waals surface area contributed by atoms with E-state index in [4.69, 9.17) is 14.5 Å². The number of hydrogen-bond acceptors (Lipinski definition) is 6. The molecule has 3 aromatic rings. The molecule has 1 aliphatic heterocycles. The van der Waals surface area contributed by atoms with Crippen LogP contribution in [0.1, 0.15) is 30.2 Å². The van der Waals surface area contributed by atoms with E-state index in [-0.39, 0.29) is 5.91 Å². The summed E-state index contributed by atoms with van der Waals surface area (Å²) in [5, 5.41) is 2.71. The highest BCUT2D eigenvalue weighted by Crippen LogP contribution is 2.36. The molecule has 0 fully saturated rings. The largest absolute Gasteiger partial charge is 0.490 e. The monoisotopic (exact) mass is 440 g/mol. The van der Waals surface area contributed by atoms with Gasteiger partial charge in [0, 0.05) is 29.4 Å². The fourth-order valence-electron chi connectivity index (χ4n) is 3.15. The molecule has 2 aromatic carbocycles. The van der Waals surface area contributed by atoms with E-state index in [1.54, 1.807) is 23.6 Å². The zero-order valence-electron chi connectivity index (χ0n) is 17.3. The number of thiazole rings is 1.